The molecular weight excluding hydrogens is 192 g/mol. The monoisotopic (exact) mass is 214 g/mol. The van der Waals surface area contributed by atoms with Crippen LogP contribution in [0.25, 0.3) is 0 Å². The maximum absolute atomic E-state index is 11.6. The number of carbonyl (C=O) groups excluding carboxylic acids is 1. The van der Waals surface area contributed by atoms with Crippen LogP contribution in [0, 0.1) is 0 Å². The molecule has 0 aromatic carbocycles. The highest BCUT2D eigenvalue weighted by atomic mass is 16.3. The minimum Gasteiger partial charge on any atom is -0.395 e. The summed E-state index contributed by atoms with van der Waals surface area (Å²) in [5, 5.41) is 8.98. The molecule has 1 aliphatic rings. The lowest BCUT2D eigenvalue weighted by atomic mass is 10.2. The molecule has 0 unspecified atom stereocenters. The van der Waals surface area contributed by atoms with Gasteiger partial charge in [0.1, 0.15) is 0 Å². The van der Waals surface area contributed by atoms with Gasteiger partial charge >= 0.3 is 0 Å². The van der Waals surface area contributed by atoms with Crippen molar-refractivity contribution in [3.8, 4) is 0 Å². The first-order chi connectivity index (χ1) is 7.15. The van der Waals surface area contributed by atoms with Gasteiger partial charge in [-0.3, -0.25) is 9.69 Å². The summed E-state index contributed by atoms with van der Waals surface area (Å²) in [4.78, 5) is 15.3. The van der Waals surface area contributed by atoms with E-state index in [2.05, 4.69) is 4.90 Å². The van der Waals surface area contributed by atoms with Crippen molar-refractivity contribution in [2.24, 2.45) is 0 Å². The topological polar surface area (TPSA) is 43.8 Å². The molecule has 15 heavy (non-hydrogen) atoms. The molecule has 88 valence electrons. The van der Waals surface area contributed by atoms with Crippen LogP contribution in [0.5, 0.6) is 0 Å². The van der Waals surface area contributed by atoms with Crippen LogP contribution in [0.3, 0.4) is 0 Å². The first-order valence-electron chi connectivity index (χ1n) is 5.70. The summed E-state index contributed by atoms with van der Waals surface area (Å²) in [6.07, 6.45) is 4.84. The van der Waals surface area contributed by atoms with Crippen molar-refractivity contribution < 1.29 is 9.90 Å². The molecule has 0 heterocycles. The fourth-order valence-corrected chi connectivity index (χ4v) is 2.10. The third kappa shape index (κ3) is 3.80. The van der Waals surface area contributed by atoms with Crippen LogP contribution in [0.2, 0.25) is 0 Å². The van der Waals surface area contributed by atoms with Gasteiger partial charge in [0.25, 0.3) is 0 Å². The highest BCUT2D eigenvalue weighted by Crippen LogP contribution is 2.23. The molecule has 4 nitrogen and oxygen atoms in total. The molecule has 0 aromatic rings. The molecule has 1 aliphatic carbocycles. The lowest BCUT2D eigenvalue weighted by Crippen LogP contribution is -2.43. The summed E-state index contributed by atoms with van der Waals surface area (Å²) < 4.78 is 0. The van der Waals surface area contributed by atoms with E-state index in [1.165, 1.54) is 25.7 Å². The second-order valence-corrected chi connectivity index (χ2v) is 4.42. The Labute approximate surface area is 91.9 Å². The number of carbonyl (C=O) groups is 1. The molecule has 0 radical (unpaired) electrons. The van der Waals surface area contributed by atoms with E-state index in [4.69, 9.17) is 5.11 Å². The molecule has 1 amide bonds. The Hall–Kier alpha value is -0.610. The SMILES string of the molecule is CN(C)C(=O)CN(CCO)C1CCCC1. The number of nitrogens with zero attached hydrogens (tertiary/aromatic N) is 2. The van der Waals surface area contributed by atoms with Crippen LogP contribution < -0.4 is 0 Å². The highest BCUT2D eigenvalue weighted by molar-refractivity contribution is 5.77. The normalized spacial score (nSPS) is 17.3. The van der Waals surface area contributed by atoms with E-state index >= 15 is 0 Å². The summed E-state index contributed by atoms with van der Waals surface area (Å²) >= 11 is 0. The Bertz CT molecular complexity index is 201. The fourth-order valence-electron chi connectivity index (χ4n) is 2.10. The predicted octanol–water partition coefficient (Wildman–Crippen LogP) is 0.311. The molecule has 0 atom stereocenters. The van der Waals surface area contributed by atoms with Crippen molar-refractivity contribution in [3.63, 3.8) is 0 Å². The summed E-state index contributed by atoms with van der Waals surface area (Å²) in [6, 6.07) is 0.501. The Morgan fingerprint density at radius 2 is 1.93 bits per heavy atom. The molecule has 1 saturated carbocycles. The smallest absolute Gasteiger partial charge is 0.236 e. The van der Waals surface area contributed by atoms with Crippen molar-refractivity contribution in [2.45, 2.75) is 31.7 Å². The number of rotatable bonds is 5. The van der Waals surface area contributed by atoms with E-state index in [0.29, 0.717) is 19.1 Å². The van der Waals surface area contributed by atoms with Crippen molar-refractivity contribution in [1.29, 1.82) is 0 Å². The summed E-state index contributed by atoms with van der Waals surface area (Å²) in [7, 11) is 3.54. The first-order valence-corrected chi connectivity index (χ1v) is 5.70. The number of hydrogen-bond donors (Lipinski definition) is 1. The molecule has 0 aliphatic heterocycles. The van der Waals surface area contributed by atoms with Crippen LogP contribution in [-0.4, -0.2) is 60.6 Å². The summed E-state index contributed by atoms with van der Waals surface area (Å²) in [5.41, 5.74) is 0. The van der Waals surface area contributed by atoms with Crippen molar-refractivity contribution in [2.75, 3.05) is 33.8 Å². The van der Waals surface area contributed by atoms with E-state index in [9.17, 15) is 4.79 Å². The van der Waals surface area contributed by atoms with Crippen molar-refractivity contribution in [1.82, 2.24) is 9.80 Å². The van der Waals surface area contributed by atoms with Gasteiger partial charge in [-0.15, -0.1) is 0 Å². The van der Waals surface area contributed by atoms with Gasteiger partial charge in [0.05, 0.1) is 13.2 Å². The Morgan fingerprint density at radius 3 is 2.40 bits per heavy atom. The molecule has 1 rings (SSSR count). The average Bonchev–Trinajstić information content (AvgIpc) is 2.69. The minimum absolute atomic E-state index is 0.121. The predicted molar refractivity (Wildman–Crippen MR) is 59.6 cm³/mol. The maximum Gasteiger partial charge on any atom is 0.236 e. The van der Waals surface area contributed by atoms with Crippen molar-refractivity contribution >= 4 is 5.91 Å². The number of aliphatic hydroxyl groups is 1. The zero-order valence-electron chi connectivity index (χ0n) is 9.78. The number of likely N-dealkylation sites (N-methyl/N-ethyl adjacent to an activating group) is 1. The molecule has 0 spiro atoms. The van der Waals surface area contributed by atoms with Crippen LogP contribution in [-0.2, 0) is 4.79 Å². The third-order valence-corrected chi connectivity index (χ3v) is 3.07. The van der Waals surface area contributed by atoms with Gasteiger partial charge in [0, 0.05) is 26.7 Å². The highest BCUT2D eigenvalue weighted by Gasteiger charge is 2.24. The summed E-state index contributed by atoms with van der Waals surface area (Å²) in [6.45, 7) is 1.19. The van der Waals surface area contributed by atoms with E-state index in [-0.39, 0.29) is 12.5 Å². The molecule has 1 fully saturated rings. The third-order valence-electron chi connectivity index (χ3n) is 3.07. The fraction of sp³-hybridized carbons (Fsp3) is 0.909. The lowest BCUT2D eigenvalue weighted by Gasteiger charge is -2.28. The van der Waals surface area contributed by atoms with Gasteiger partial charge in [0.15, 0.2) is 0 Å². The van der Waals surface area contributed by atoms with E-state index < -0.39 is 0 Å². The molecule has 0 aromatic heterocycles. The Morgan fingerprint density at radius 1 is 1.33 bits per heavy atom. The molecule has 0 saturated heterocycles. The van der Waals surface area contributed by atoms with Crippen LogP contribution in [0.1, 0.15) is 25.7 Å². The number of aliphatic hydroxyl groups excluding tert-OH is 1. The standard InChI is InChI=1S/C11H22N2O2/c1-12(2)11(15)9-13(7-8-14)10-5-3-4-6-10/h10,14H,3-9H2,1-2H3. The minimum atomic E-state index is 0.121. The second-order valence-electron chi connectivity index (χ2n) is 4.42. The lowest BCUT2D eigenvalue weighted by molar-refractivity contribution is -0.130. The number of amides is 1. The summed E-state index contributed by atoms with van der Waals surface area (Å²) in [5.74, 6) is 0.121. The zero-order valence-corrected chi connectivity index (χ0v) is 9.78. The molecule has 4 heteroatoms. The largest absolute Gasteiger partial charge is 0.395 e. The van der Waals surface area contributed by atoms with Gasteiger partial charge in [0.2, 0.25) is 5.91 Å². The Balaban J connectivity index is 2.45. The average molecular weight is 214 g/mol. The first kappa shape index (κ1) is 12.5. The van der Waals surface area contributed by atoms with Crippen LogP contribution in [0.15, 0.2) is 0 Å². The molecule has 0 bridgehead atoms. The second kappa shape index (κ2) is 6.08. The van der Waals surface area contributed by atoms with Crippen LogP contribution in [0.4, 0.5) is 0 Å². The Kier molecular flexibility index (Phi) is 5.05. The maximum atomic E-state index is 11.6. The van der Waals surface area contributed by atoms with Gasteiger partial charge in [-0.2, -0.15) is 0 Å². The quantitative estimate of drug-likeness (QED) is 0.716. The van der Waals surface area contributed by atoms with Gasteiger partial charge in [-0.1, -0.05) is 12.8 Å². The van der Waals surface area contributed by atoms with E-state index in [0.717, 1.165) is 0 Å². The van der Waals surface area contributed by atoms with Crippen molar-refractivity contribution in [3.05, 3.63) is 0 Å². The molecule has 1 N–H and O–H groups in total. The van der Waals surface area contributed by atoms with Gasteiger partial charge in [-0.25, -0.2) is 0 Å². The van der Waals surface area contributed by atoms with E-state index in [1.807, 2.05) is 0 Å². The van der Waals surface area contributed by atoms with Crippen LogP contribution >= 0.6 is 0 Å². The number of hydrogen-bond acceptors (Lipinski definition) is 3. The van der Waals surface area contributed by atoms with Gasteiger partial charge < -0.3 is 10.0 Å². The van der Waals surface area contributed by atoms with E-state index in [1.54, 1.807) is 19.0 Å². The molecular formula is C11H22N2O2. The van der Waals surface area contributed by atoms with Gasteiger partial charge in [-0.05, 0) is 12.8 Å². The zero-order chi connectivity index (χ0) is 11.3.